The van der Waals surface area contributed by atoms with Crippen LogP contribution in [-0.4, -0.2) is 21.4 Å². The minimum Gasteiger partial charge on any atom is -0.493 e. The number of nitrogens with zero attached hydrogens (tertiary/aromatic N) is 1. The van der Waals surface area contributed by atoms with Crippen molar-refractivity contribution in [3.05, 3.63) is 86.9 Å². The van der Waals surface area contributed by atoms with E-state index in [9.17, 15) is 18.5 Å². The Morgan fingerprint density at radius 1 is 1.12 bits per heavy atom. The lowest BCUT2D eigenvalue weighted by Crippen LogP contribution is -2.13. The number of methoxy groups -OCH3 is 1. The normalized spacial score (nSPS) is 11.4. The molecule has 0 atom stereocenters. The van der Waals surface area contributed by atoms with Gasteiger partial charge in [0.15, 0.2) is 11.5 Å². The minimum atomic E-state index is -4.13. The molecule has 7 nitrogen and oxygen atoms in total. The first-order valence-electron chi connectivity index (χ1n) is 9.70. The average Bonchev–Trinajstić information content (AvgIpc) is 2.80. The summed E-state index contributed by atoms with van der Waals surface area (Å²) in [6, 6.07) is 17.5. The summed E-state index contributed by atoms with van der Waals surface area (Å²) in [4.78, 5) is 12.5. The van der Waals surface area contributed by atoms with Crippen LogP contribution in [0, 0.1) is 18.3 Å². The van der Waals surface area contributed by atoms with Crippen molar-refractivity contribution in [1.82, 2.24) is 0 Å². The zero-order valence-corrected chi connectivity index (χ0v) is 21.2. The third-order valence-electron chi connectivity index (χ3n) is 4.53. The molecule has 0 radical (unpaired) electrons. The van der Waals surface area contributed by atoms with Crippen LogP contribution < -0.4 is 14.2 Å². The van der Waals surface area contributed by atoms with Crippen LogP contribution in [0.2, 0.25) is 5.02 Å². The summed E-state index contributed by atoms with van der Waals surface area (Å²) in [5, 5.41) is 12.6. The number of amides is 1. The van der Waals surface area contributed by atoms with E-state index in [-0.39, 0.29) is 26.4 Å². The number of nitriles is 1. The van der Waals surface area contributed by atoms with Gasteiger partial charge < -0.3 is 14.2 Å². The van der Waals surface area contributed by atoms with Crippen LogP contribution in [0.5, 0.6) is 11.5 Å². The predicted octanol–water partition coefficient (Wildman–Crippen LogP) is 5.73. The topological polar surface area (TPSA) is 105 Å². The molecule has 174 valence electrons. The third-order valence-corrected chi connectivity index (χ3v) is 6.61. The maximum Gasteiger partial charge on any atom is 0.339 e. The van der Waals surface area contributed by atoms with Crippen molar-refractivity contribution in [1.29, 1.82) is 5.26 Å². The summed E-state index contributed by atoms with van der Waals surface area (Å²) >= 11 is 9.13. The summed E-state index contributed by atoms with van der Waals surface area (Å²) in [5.74, 6) is -0.599. The maximum absolute atomic E-state index is 12.7. The summed E-state index contributed by atoms with van der Waals surface area (Å²) in [5.41, 5.74) is 1.61. The van der Waals surface area contributed by atoms with E-state index in [0.29, 0.717) is 16.3 Å². The highest BCUT2D eigenvalue weighted by Crippen LogP contribution is 2.39. The first kappa shape index (κ1) is 25.3. The molecule has 3 rings (SSSR count). The highest BCUT2D eigenvalue weighted by Gasteiger charge is 2.22. The van der Waals surface area contributed by atoms with Gasteiger partial charge in [-0.2, -0.15) is 13.7 Å². The van der Waals surface area contributed by atoms with Gasteiger partial charge in [-0.25, -0.2) is 0 Å². The van der Waals surface area contributed by atoms with E-state index in [4.69, 9.17) is 20.5 Å². The monoisotopic (exact) mass is 560 g/mol. The number of halogens is 2. The number of ether oxygens (including phenoxy) is 1. The number of carbonyl (C=O) groups is 1. The molecule has 1 N–H and O–H groups in total. The van der Waals surface area contributed by atoms with Crippen molar-refractivity contribution in [2.24, 2.45) is 0 Å². The number of aryl methyl sites for hydroxylation is 1. The lowest BCUT2D eigenvalue weighted by molar-refractivity contribution is -0.112. The molecule has 0 unspecified atom stereocenters. The molecule has 34 heavy (non-hydrogen) atoms. The van der Waals surface area contributed by atoms with Crippen LogP contribution in [0.1, 0.15) is 11.1 Å². The van der Waals surface area contributed by atoms with Crippen molar-refractivity contribution < 1.29 is 22.1 Å². The summed E-state index contributed by atoms with van der Waals surface area (Å²) in [6.07, 6.45) is 1.34. The van der Waals surface area contributed by atoms with Gasteiger partial charge in [-0.15, -0.1) is 0 Å². The van der Waals surface area contributed by atoms with E-state index >= 15 is 0 Å². The Bertz CT molecular complexity index is 1400. The van der Waals surface area contributed by atoms with Crippen LogP contribution in [0.4, 0.5) is 5.69 Å². The summed E-state index contributed by atoms with van der Waals surface area (Å²) < 4.78 is 36.3. The number of hydrogen-bond donors (Lipinski definition) is 1. The molecule has 0 bridgehead atoms. The van der Waals surface area contributed by atoms with Crippen LogP contribution in [0.15, 0.2) is 75.6 Å². The summed E-state index contributed by atoms with van der Waals surface area (Å²) in [6.45, 7) is 1.84. The lowest BCUT2D eigenvalue weighted by Gasteiger charge is -2.14. The number of hydrogen-bond acceptors (Lipinski definition) is 6. The maximum atomic E-state index is 12.7. The number of nitrogens with one attached hydrogen (secondary N) is 1. The predicted molar refractivity (Wildman–Crippen MR) is 133 cm³/mol. The van der Waals surface area contributed by atoms with Gasteiger partial charge in [0.25, 0.3) is 5.91 Å². The van der Waals surface area contributed by atoms with Gasteiger partial charge in [-0.05, 0) is 83.0 Å². The highest BCUT2D eigenvalue weighted by molar-refractivity contribution is 9.10. The molecule has 3 aromatic carbocycles. The quantitative estimate of drug-likeness (QED) is 0.224. The zero-order valence-electron chi connectivity index (χ0n) is 18.0. The second-order valence-electron chi connectivity index (χ2n) is 7.02. The molecule has 3 aromatic rings. The molecular weight excluding hydrogens is 544 g/mol. The summed E-state index contributed by atoms with van der Waals surface area (Å²) in [7, 11) is -2.78. The van der Waals surface area contributed by atoms with E-state index in [1.807, 2.05) is 13.0 Å². The van der Waals surface area contributed by atoms with E-state index in [2.05, 4.69) is 21.2 Å². The molecule has 0 aliphatic rings. The molecule has 10 heteroatoms. The highest BCUT2D eigenvalue weighted by atomic mass is 79.9. The Labute approximate surface area is 210 Å². The first-order valence-corrected chi connectivity index (χ1v) is 12.3. The largest absolute Gasteiger partial charge is 0.493 e. The van der Waals surface area contributed by atoms with Gasteiger partial charge in [0.05, 0.1) is 11.6 Å². The second-order valence-corrected chi connectivity index (χ2v) is 9.85. The lowest BCUT2D eigenvalue weighted by atomic mass is 10.1. The smallest absolute Gasteiger partial charge is 0.339 e. The Morgan fingerprint density at radius 3 is 2.35 bits per heavy atom. The third kappa shape index (κ3) is 6.17. The first-order chi connectivity index (χ1) is 16.1. The second kappa shape index (κ2) is 10.7. The fourth-order valence-electron chi connectivity index (χ4n) is 2.81. The van der Waals surface area contributed by atoms with Gasteiger partial charge in [-0.1, -0.05) is 29.3 Å². The molecular formula is C24H18BrClN2O5S. The van der Waals surface area contributed by atoms with Gasteiger partial charge in [0.2, 0.25) is 0 Å². The molecule has 1 amide bonds. The van der Waals surface area contributed by atoms with E-state index in [1.165, 1.54) is 37.5 Å². The zero-order chi connectivity index (χ0) is 24.9. The average molecular weight is 562 g/mol. The van der Waals surface area contributed by atoms with Crippen LogP contribution in [0.3, 0.4) is 0 Å². The molecule has 0 aliphatic carbocycles. The van der Waals surface area contributed by atoms with E-state index in [0.717, 1.165) is 5.56 Å². The van der Waals surface area contributed by atoms with Gasteiger partial charge in [-0.3, -0.25) is 4.79 Å². The van der Waals surface area contributed by atoms with E-state index in [1.54, 1.807) is 36.4 Å². The Morgan fingerprint density at radius 2 is 1.76 bits per heavy atom. The number of benzene rings is 3. The number of rotatable bonds is 7. The molecule has 0 spiro atoms. The standard InChI is InChI=1S/C24H18BrClN2O5S/c1-15-3-9-20(10-4-15)34(30,31)33-23-21(25)12-16(13-22(23)32-2)11-17(14-27)24(29)28-19-7-5-18(26)6-8-19/h3-13H,1-2H3,(H,28,29)/b17-11-. The van der Waals surface area contributed by atoms with Gasteiger partial charge >= 0.3 is 10.1 Å². The fourth-order valence-corrected chi connectivity index (χ4v) is 4.54. The molecule has 0 aromatic heterocycles. The molecule has 0 fully saturated rings. The molecule has 0 saturated heterocycles. The van der Waals surface area contributed by atoms with Gasteiger partial charge in [0.1, 0.15) is 16.5 Å². The van der Waals surface area contributed by atoms with Crippen molar-refractivity contribution >= 4 is 55.3 Å². The van der Waals surface area contributed by atoms with Crippen molar-refractivity contribution in [2.75, 3.05) is 12.4 Å². The van der Waals surface area contributed by atoms with Crippen LogP contribution >= 0.6 is 27.5 Å². The number of anilines is 1. The van der Waals surface area contributed by atoms with Crippen molar-refractivity contribution in [2.45, 2.75) is 11.8 Å². The SMILES string of the molecule is COc1cc(/C=C(/C#N)C(=O)Nc2ccc(Cl)cc2)cc(Br)c1OS(=O)(=O)c1ccc(C)cc1. The van der Waals surface area contributed by atoms with Crippen LogP contribution in [-0.2, 0) is 14.9 Å². The van der Waals surface area contributed by atoms with Crippen LogP contribution in [0.25, 0.3) is 6.08 Å². The molecule has 0 aliphatic heterocycles. The molecule has 0 saturated carbocycles. The minimum absolute atomic E-state index is 0.0123. The van der Waals surface area contributed by atoms with Crippen molar-refractivity contribution in [3.63, 3.8) is 0 Å². The fraction of sp³-hybridized carbons (Fsp3) is 0.0833. The Balaban J connectivity index is 1.90. The van der Waals surface area contributed by atoms with Crippen molar-refractivity contribution in [3.8, 4) is 17.6 Å². The molecule has 0 heterocycles. The van der Waals surface area contributed by atoms with E-state index < -0.39 is 16.0 Å². The Hall–Kier alpha value is -3.32. The van der Waals surface area contributed by atoms with Gasteiger partial charge in [0, 0.05) is 10.7 Å². The number of carbonyl (C=O) groups excluding carboxylic acids is 1. The Kier molecular flexibility index (Phi) is 7.99.